The second kappa shape index (κ2) is 9.04. The lowest BCUT2D eigenvalue weighted by Gasteiger charge is -2.29. The molecule has 0 saturated carbocycles. The molecule has 0 unspecified atom stereocenters. The largest absolute Gasteiger partial charge is 0.497 e. The summed E-state index contributed by atoms with van der Waals surface area (Å²) in [7, 11) is 0.646. The van der Waals surface area contributed by atoms with Gasteiger partial charge in [0.1, 0.15) is 23.3 Å². The number of methoxy groups -OCH3 is 3. The molecular weight excluding hydrogens is 396 g/mol. The molecule has 2 rings (SSSR count). The molecular formula is C20H26N2O6S. The summed E-state index contributed by atoms with van der Waals surface area (Å²) in [5, 5.41) is 2.72. The Bertz CT molecular complexity index is 990. The summed E-state index contributed by atoms with van der Waals surface area (Å²) < 4.78 is 41.9. The van der Waals surface area contributed by atoms with E-state index in [1.54, 1.807) is 36.4 Å². The van der Waals surface area contributed by atoms with E-state index in [9.17, 15) is 13.2 Å². The zero-order chi connectivity index (χ0) is 21.8. The van der Waals surface area contributed by atoms with Gasteiger partial charge in [0.05, 0.1) is 39.0 Å². The van der Waals surface area contributed by atoms with Crippen LogP contribution in [0.3, 0.4) is 0 Å². The summed E-state index contributed by atoms with van der Waals surface area (Å²) in [5.41, 5.74) is 1.52. The molecule has 0 aliphatic carbocycles. The maximum absolute atomic E-state index is 12.9. The van der Waals surface area contributed by atoms with Crippen LogP contribution in [-0.2, 0) is 14.8 Å². The molecule has 9 heteroatoms. The van der Waals surface area contributed by atoms with E-state index in [1.807, 2.05) is 6.92 Å². The Morgan fingerprint density at radius 1 is 1.00 bits per heavy atom. The van der Waals surface area contributed by atoms with E-state index in [0.29, 0.717) is 28.6 Å². The summed E-state index contributed by atoms with van der Waals surface area (Å²) in [6, 6.07) is 9.00. The lowest BCUT2D eigenvalue weighted by atomic mass is 10.2. The first-order valence-corrected chi connectivity index (χ1v) is 10.6. The van der Waals surface area contributed by atoms with Crippen LogP contribution >= 0.6 is 0 Å². The second-order valence-electron chi connectivity index (χ2n) is 6.47. The maximum Gasteiger partial charge on any atom is 0.248 e. The van der Waals surface area contributed by atoms with Gasteiger partial charge >= 0.3 is 0 Å². The molecule has 0 fully saturated rings. The van der Waals surface area contributed by atoms with Gasteiger partial charge in [-0.1, -0.05) is 6.07 Å². The van der Waals surface area contributed by atoms with Crippen molar-refractivity contribution in [3.8, 4) is 17.2 Å². The van der Waals surface area contributed by atoms with Crippen molar-refractivity contribution in [1.29, 1.82) is 0 Å². The maximum atomic E-state index is 12.9. The second-order valence-corrected chi connectivity index (χ2v) is 8.32. The summed E-state index contributed by atoms with van der Waals surface area (Å²) in [4.78, 5) is 12.9. The number of hydrogen-bond acceptors (Lipinski definition) is 6. The Kier molecular flexibility index (Phi) is 6.97. The minimum Gasteiger partial charge on any atom is -0.497 e. The predicted molar refractivity (Wildman–Crippen MR) is 113 cm³/mol. The molecule has 0 aliphatic heterocycles. The van der Waals surface area contributed by atoms with Crippen LogP contribution in [0.5, 0.6) is 17.2 Å². The van der Waals surface area contributed by atoms with Crippen LogP contribution in [-0.4, -0.2) is 48.0 Å². The van der Waals surface area contributed by atoms with Crippen molar-refractivity contribution in [2.45, 2.75) is 19.9 Å². The zero-order valence-electron chi connectivity index (χ0n) is 17.3. The van der Waals surface area contributed by atoms with E-state index < -0.39 is 22.0 Å². The topological polar surface area (TPSA) is 94.2 Å². The monoisotopic (exact) mass is 422 g/mol. The Hall–Kier alpha value is -2.94. The number of ether oxygens (including phenoxy) is 3. The fourth-order valence-corrected chi connectivity index (χ4v) is 4.06. The van der Waals surface area contributed by atoms with Crippen LogP contribution in [0.1, 0.15) is 12.5 Å². The van der Waals surface area contributed by atoms with Gasteiger partial charge in [-0.3, -0.25) is 9.10 Å². The highest BCUT2D eigenvalue weighted by atomic mass is 32.2. The molecule has 0 aromatic heterocycles. The van der Waals surface area contributed by atoms with Gasteiger partial charge in [-0.25, -0.2) is 8.42 Å². The molecule has 8 nitrogen and oxygen atoms in total. The lowest BCUT2D eigenvalue weighted by molar-refractivity contribution is -0.116. The number of aryl methyl sites for hydroxylation is 1. The van der Waals surface area contributed by atoms with Crippen LogP contribution in [0.2, 0.25) is 0 Å². The van der Waals surface area contributed by atoms with Crippen molar-refractivity contribution in [3.05, 3.63) is 42.0 Å². The third kappa shape index (κ3) is 5.11. The van der Waals surface area contributed by atoms with Crippen molar-refractivity contribution in [2.24, 2.45) is 0 Å². The molecule has 0 aliphatic rings. The number of carbonyl (C=O) groups excluding carboxylic acids is 1. The first-order valence-electron chi connectivity index (χ1n) is 8.79. The van der Waals surface area contributed by atoms with Crippen LogP contribution < -0.4 is 23.8 Å². The number of carbonyl (C=O) groups is 1. The minimum absolute atomic E-state index is 0.291. The van der Waals surface area contributed by atoms with E-state index in [4.69, 9.17) is 14.2 Å². The van der Waals surface area contributed by atoms with Gasteiger partial charge in [0.15, 0.2) is 0 Å². The number of amides is 1. The molecule has 1 N–H and O–H groups in total. The molecule has 1 atom stereocenters. The lowest BCUT2D eigenvalue weighted by Crippen LogP contribution is -2.45. The van der Waals surface area contributed by atoms with Gasteiger partial charge in [-0.05, 0) is 43.7 Å². The standard InChI is InChI=1S/C20H26N2O6S/c1-13-7-10-18(27-4)17(11-13)22(29(6,24)25)14(2)20(23)21-16-9-8-15(26-3)12-19(16)28-5/h7-12,14H,1-6H3,(H,21,23)/t14-/m0/s1. The molecule has 0 spiro atoms. The zero-order valence-corrected chi connectivity index (χ0v) is 18.2. The average Bonchev–Trinajstić information content (AvgIpc) is 2.67. The summed E-state index contributed by atoms with van der Waals surface area (Å²) in [5.74, 6) is 0.782. The number of anilines is 2. The highest BCUT2D eigenvalue weighted by Gasteiger charge is 2.31. The van der Waals surface area contributed by atoms with Crippen LogP contribution in [0.4, 0.5) is 11.4 Å². The molecule has 0 heterocycles. The van der Waals surface area contributed by atoms with Gasteiger partial charge in [-0.2, -0.15) is 0 Å². The fourth-order valence-electron chi connectivity index (χ4n) is 2.89. The number of nitrogens with zero attached hydrogens (tertiary/aromatic N) is 1. The van der Waals surface area contributed by atoms with Crippen LogP contribution in [0, 0.1) is 6.92 Å². The fraction of sp³-hybridized carbons (Fsp3) is 0.350. The molecule has 2 aromatic rings. The van der Waals surface area contributed by atoms with Gasteiger partial charge < -0.3 is 19.5 Å². The summed E-state index contributed by atoms with van der Waals surface area (Å²) >= 11 is 0. The van der Waals surface area contributed by atoms with Gasteiger partial charge in [-0.15, -0.1) is 0 Å². The van der Waals surface area contributed by atoms with Crippen molar-refractivity contribution in [2.75, 3.05) is 37.2 Å². The molecule has 2 aromatic carbocycles. The number of rotatable bonds is 8. The molecule has 0 saturated heterocycles. The quantitative estimate of drug-likeness (QED) is 0.703. The van der Waals surface area contributed by atoms with Crippen LogP contribution in [0.25, 0.3) is 0 Å². The normalized spacial score (nSPS) is 12.1. The highest BCUT2D eigenvalue weighted by molar-refractivity contribution is 7.92. The van der Waals surface area contributed by atoms with Crippen molar-refractivity contribution in [1.82, 2.24) is 0 Å². The third-order valence-corrected chi connectivity index (χ3v) is 5.55. The predicted octanol–water partition coefficient (Wildman–Crippen LogP) is 2.81. The summed E-state index contributed by atoms with van der Waals surface area (Å²) in [6.07, 6.45) is 1.05. The third-order valence-electron chi connectivity index (χ3n) is 4.33. The van der Waals surface area contributed by atoms with Gasteiger partial charge in [0.2, 0.25) is 15.9 Å². The Balaban J connectivity index is 2.42. The average molecular weight is 423 g/mol. The van der Waals surface area contributed by atoms with Crippen molar-refractivity contribution < 1.29 is 27.4 Å². The van der Waals surface area contributed by atoms with E-state index >= 15 is 0 Å². The number of benzene rings is 2. The molecule has 0 bridgehead atoms. The summed E-state index contributed by atoms with van der Waals surface area (Å²) in [6.45, 7) is 3.34. The first kappa shape index (κ1) is 22.4. The highest BCUT2D eigenvalue weighted by Crippen LogP contribution is 2.34. The Labute approximate surface area is 171 Å². The Morgan fingerprint density at radius 3 is 2.21 bits per heavy atom. The van der Waals surface area contributed by atoms with E-state index in [2.05, 4.69) is 5.32 Å². The molecule has 29 heavy (non-hydrogen) atoms. The number of hydrogen-bond donors (Lipinski definition) is 1. The smallest absolute Gasteiger partial charge is 0.248 e. The minimum atomic E-state index is -3.79. The van der Waals surface area contributed by atoms with Gasteiger partial charge in [0.25, 0.3) is 0 Å². The number of nitrogens with one attached hydrogen (secondary N) is 1. The molecule has 1 amide bonds. The van der Waals surface area contributed by atoms with E-state index in [-0.39, 0.29) is 0 Å². The SMILES string of the molecule is COc1ccc(NC(=O)[C@H](C)N(c2cc(C)ccc2OC)S(C)(=O)=O)c(OC)c1. The van der Waals surface area contributed by atoms with E-state index in [1.165, 1.54) is 28.3 Å². The van der Waals surface area contributed by atoms with Gasteiger partial charge in [0, 0.05) is 6.07 Å². The molecule has 0 radical (unpaired) electrons. The van der Waals surface area contributed by atoms with Crippen LogP contribution in [0.15, 0.2) is 36.4 Å². The Morgan fingerprint density at radius 2 is 1.66 bits per heavy atom. The molecule has 158 valence electrons. The number of sulfonamides is 1. The first-order chi connectivity index (χ1) is 13.6. The van der Waals surface area contributed by atoms with Crippen molar-refractivity contribution >= 4 is 27.3 Å². The van der Waals surface area contributed by atoms with E-state index in [0.717, 1.165) is 16.1 Å². The van der Waals surface area contributed by atoms with Crippen molar-refractivity contribution in [3.63, 3.8) is 0 Å².